The second-order valence-corrected chi connectivity index (χ2v) is 4.93. The Morgan fingerprint density at radius 3 is 2.67 bits per heavy atom. The summed E-state index contributed by atoms with van der Waals surface area (Å²) >= 11 is 0. The SMILES string of the molecule is NCCCN(Cc1cc(F)ccc1F)C1CCC1. The number of hydrogen-bond donors (Lipinski definition) is 1. The third-order valence-electron chi connectivity index (χ3n) is 3.62. The maximum atomic E-state index is 13.6. The zero-order valence-corrected chi connectivity index (χ0v) is 10.5. The van der Waals surface area contributed by atoms with Gasteiger partial charge in [0, 0.05) is 18.2 Å². The van der Waals surface area contributed by atoms with Crippen LogP contribution in [-0.2, 0) is 6.54 Å². The molecule has 0 unspecified atom stereocenters. The third kappa shape index (κ3) is 3.27. The van der Waals surface area contributed by atoms with Gasteiger partial charge in [0.15, 0.2) is 0 Å². The first-order chi connectivity index (χ1) is 8.70. The molecule has 100 valence electrons. The van der Waals surface area contributed by atoms with E-state index in [1.165, 1.54) is 18.6 Å². The van der Waals surface area contributed by atoms with Crippen LogP contribution in [0.2, 0.25) is 0 Å². The van der Waals surface area contributed by atoms with Crippen LogP contribution < -0.4 is 5.73 Å². The van der Waals surface area contributed by atoms with Crippen LogP contribution in [0.25, 0.3) is 0 Å². The monoisotopic (exact) mass is 254 g/mol. The lowest BCUT2D eigenvalue weighted by Gasteiger charge is -2.37. The smallest absolute Gasteiger partial charge is 0.127 e. The molecular weight excluding hydrogens is 234 g/mol. The van der Waals surface area contributed by atoms with Crippen molar-refractivity contribution in [1.29, 1.82) is 0 Å². The molecule has 0 radical (unpaired) electrons. The normalized spacial score (nSPS) is 16.0. The number of rotatable bonds is 6. The highest BCUT2D eigenvalue weighted by Crippen LogP contribution is 2.27. The second kappa shape index (κ2) is 6.25. The van der Waals surface area contributed by atoms with Crippen LogP contribution >= 0.6 is 0 Å². The molecule has 0 amide bonds. The molecule has 1 fully saturated rings. The van der Waals surface area contributed by atoms with Gasteiger partial charge in [-0.05, 0) is 50.6 Å². The van der Waals surface area contributed by atoms with Crippen molar-refractivity contribution in [3.8, 4) is 0 Å². The van der Waals surface area contributed by atoms with Gasteiger partial charge >= 0.3 is 0 Å². The van der Waals surface area contributed by atoms with E-state index in [2.05, 4.69) is 4.90 Å². The third-order valence-corrected chi connectivity index (χ3v) is 3.62. The highest BCUT2D eigenvalue weighted by Gasteiger charge is 2.25. The van der Waals surface area contributed by atoms with Crippen LogP contribution in [0.5, 0.6) is 0 Å². The first-order valence-electron chi connectivity index (χ1n) is 6.58. The summed E-state index contributed by atoms with van der Waals surface area (Å²) in [6.45, 7) is 1.97. The van der Waals surface area contributed by atoms with Crippen molar-refractivity contribution >= 4 is 0 Å². The lowest BCUT2D eigenvalue weighted by atomic mass is 9.91. The summed E-state index contributed by atoms with van der Waals surface area (Å²) in [5.74, 6) is -0.702. The van der Waals surface area contributed by atoms with E-state index in [0.717, 1.165) is 31.9 Å². The lowest BCUT2D eigenvalue weighted by molar-refractivity contribution is 0.117. The van der Waals surface area contributed by atoms with E-state index >= 15 is 0 Å². The van der Waals surface area contributed by atoms with E-state index in [4.69, 9.17) is 5.73 Å². The molecule has 1 aromatic rings. The molecule has 4 heteroatoms. The Morgan fingerprint density at radius 1 is 1.28 bits per heavy atom. The number of halogens is 2. The molecule has 18 heavy (non-hydrogen) atoms. The average molecular weight is 254 g/mol. The van der Waals surface area contributed by atoms with Crippen molar-refractivity contribution < 1.29 is 8.78 Å². The molecule has 1 aliphatic carbocycles. The molecule has 2 N–H and O–H groups in total. The Labute approximate surface area is 107 Å². The minimum Gasteiger partial charge on any atom is -0.330 e. The predicted octanol–water partition coefficient (Wildman–Crippen LogP) is 2.67. The van der Waals surface area contributed by atoms with Crippen LogP contribution in [0.4, 0.5) is 8.78 Å². The molecule has 2 nitrogen and oxygen atoms in total. The van der Waals surface area contributed by atoms with Crippen LogP contribution in [0.1, 0.15) is 31.2 Å². The highest BCUT2D eigenvalue weighted by molar-refractivity contribution is 5.18. The summed E-state index contributed by atoms with van der Waals surface area (Å²) in [5.41, 5.74) is 5.97. The van der Waals surface area contributed by atoms with Gasteiger partial charge in [-0.15, -0.1) is 0 Å². The van der Waals surface area contributed by atoms with Crippen LogP contribution in [0, 0.1) is 11.6 Å². The zero-order chi connectivity index (χ0) is 13.0. The van der Waals surface area contributed by atoms with Gasteiger partial charge in [-0.25, -0.2) is 8.78 Å². The van der Waals surface area contributed by atoms with Crippen molar-refractivity contribution in [3.63, 3.8) is 0 Å². The largest absolute Gasteiger partial charge is 0.330 e. The molecule has 0 bridgehead atoms. The molecule has 1 saturated carbocycles. The van der Waals surface area contributed by atoms with E-state index in [-0.39, 0.29) is 11.6 Å². The number of nitrogens with two attached hydrogens (primary N) is 1. The van der Waals surface area contributed by atoms with Gasteiger partial charge in [0.2, 0.25) is 0 Å². The van der Waals surface area contributed by atoms with Crippen molar-refractivity contribution in [3.05, 3.63) is 35.4 Å². The Morgan fingerprint density at radius 2 is 2.06 bits per heavy atom. The number of benzene rings is 1. The van der Waals surface area contributed by atoms with E-state index in [0.29, 0.717) is 24.7 Å². The fourth-order valence-corrected chi connectivity index (χ4v) is 2.32. The summed E-state index contributed by atoms with van der Waals surface area (Å²) < 4.78 is 26.8. The topological polar surface area (TPSA) is 29.3 Å². The molecule has 1 aliphatic rings. The van der Waals surface area contributed by atoms with Gasteiger partial charge in [0.25, 0.3) is 0 Å². The Bertz CT molecular complexity index is 391. The Kier molecular flexibility index (Phi) is 4.66. The van der Waals surface area contributed by atoms with Crippen LogP contribution in [0.3, 0.4) is 0 Å². The van der Waals surface area contributed by atoms with Gasteiger partial charge < -0.3 is 5.73 Å². The van der Waals surface area contributed by atoms with Crippen molar-refractivity contribution in [2.45, 2.75) is 38.3 Å². The number of hydrogen-bond acceptors (Lipinski definition) is 2. The summed E-state index contributed by atoms with van der Waals surface area (Å²) in [5, 5.41) is 0. The van der Waals surface area contributed by atoms with Crippen molar-refractivity contribution in [1.82, 2.24) is 4.90 Å². The summed E-state index contributed by atoms with van der Waals surface area (Å²) in [6, 6.07) is 4.17. The van der Waals surface area contributed by atoms with Crippen molar-refractivity contribution in [2.75, 3.05) is 13.1 Å². The van der Waals surface area contributed by atoms with Gasteiger partial charge in [-0.3, -0.25) is 4.90 Å². The average Bonchev–Trinajstić information content (AvgIpc) is 2.28. The zero-order valence-electron chi connectivity index (χ0n) is 10.5. The van der Waals surface area contributed by atoms with Gasteiger partial charge in [-0.2, -0.15) is 0 Å². The standard InChI is InChI=1S/C14H20F2N2/c15-12-5-6-14(16)11(9-12)10-18(8-2-7-17)13-3-1-4-13/h5-6,9,13H,1-4,7-8,10,17H2. The first kappa shape index (κ1) is 13.4. The molecule has 0 saturated heterocycles. The van der Waals surface area contributed by atoms with E-state index in [1.54, 1.807) is 0 Å². The maximum Gasteiger partial charge on any atom is 0.127 e. The Hall–Kier alpha value is -1.00. The quantitative estimate of drug-likeness (QED) is 0.845. The van der Waals surface area contributed by atoms with Gasteiger partial charge in [-0.1, -0.05) is 6.42 Å². The molecule has 0 aromatic heterocycles. The fourth-order valence-electron chi connectivity index (χ4n) is 2.32. The highest BCUT2D eigenvalue weighted by atomic mass is 19.1. The molecule has 0 aliphatic heterocycles. The molecule has 1 aromatic carbocycles. The maximum absolute atomic E-state index is 13.6. The second-order valence-electron chi connectivity index (χ2n) is 4.93. The molecule has 0 spiro atoms. The van der Waals surface area contributed by atoms with E-state index in [9.17, 15) is 8.78 Å². The van der Waals surface area contributed by atoms with Gasteiger partial charge in [0.05, 0.1) is 0 Å². The lowest BCUT2D eigenvalue weighted by Crippen LogP contribution is -2.40. The van der Waals surface area contributed by atoms with Gasteiger partial charge in [0.1, 0.15) is 11.6 Å². The Balaban J connectivity index is 2.04. The molecule has 0 heterocycles. The summed E-state index contributed by atoms with van der Waals surface area (Å²) in [6.07, 6.45) is 4.44. The fraction of sp³-hybridized carbons (Fsp3) is 0.571. The summed E-state index contributed by atoms with van der Waals surface area (Å²) in [4.78, 5) is 2.23. The molecule has 0 atom stereocenters. The van der Waals surface area contributed by atoms with E-state index < -0.39 is 0 Å². The molecular formula is C14H20F2N2. The molecule has 2 rings (SSSR count). The summed E-state index contributed by atoms with van der Waals surface area (Å²) in [7, 11) is 0. The van der Waals surface area contributed by atoms with Crippen molar-refractivity contribution in [2.24, 2.45) is 5.73 Å². The minimum atomic E-state index is -0.376. The number of nitrogens with zero attached hydrogens (tertiary/aromatic N) is 1. The minimum absolute atomic E-state index is 0.325. The van der Waals surface area contributed by atoms with E-state index in [1.807, 2.05) is 0 Å². The van der Waals surface area contributed by atoms with Crippen LogP contribution in [0.15, 0.2) is 18.2 Å². The first-order valence-corrected chi connectivity index (χ1v) is 6.58. The predicted molar refractivity (Wildman–Crippen MR) is 68.1 cm³/mol. The van der Waals surface area contributed by atoms with Crippen LogP contribution in [-0.4, -0.2) is 24.0 Å².